The van der Waals surface area contributed by atoms with Gasteiger partial charge in [-0.05, 0) is 12.1 Å². The van der Waals surface area contributed by atoms with Gasteiger partial charge in [0.25, 0.3) is 0 Å². The summed E-state index contributed by atoms with van der Waals surface area (Å²) in [5.41, 5.74) is 0. The summed E-state index contributed by atoms with van der Waals surface area (Å²) in [5.74, 6) is -0.453. The minimum atomic E-state index is -4.87. The molecule has 2 nitrogen and oxygen atoms in total. The van der Waals surface area contributed by atoms with E-state index in [2.05, 4.69) is 4.74 Å². The molecule has 0 aromatic heterocycles. The largest absolute Gasteiger partial charge is 0.573 e. The maximum absolute atomic E-state index is 14.1. The molecule has 0 saturated heterocycles. The summed E-state index contributed by atoms with van der Waals surface area (Å²) in [6, 6.07) is 22.5. The van der Waals surface area contributed by atoms with E-state index < -0.39 is 19.3 Å². The number of hydrogen-bond donors (Lipinski definition) is 0. The minimum absolute atomic E-state index is 0.0183. The van der Waals surface area contributed by atoms with Gasteiger partial charge in [0.05, 0.1) is 5.30 Å². The molecule has 0 aliphatic heterocycles. The molecule has 0 fully saturated rings. The Morgan fingerprint density at radius 3 is 1.60 bits per heavy atom. The van der Waals surface area contributed by atoms with Crippen LogP contribution in [0.3, 0.4) is 0 Å². The Bertz CT molecular complexity index is 850. The number of hydrogen-bond acceptors (Lipinski definition) is 2. The van der Waals surface area contributed by atoms with Crippen molar-refractivity contribution in [2.75, 3.05) is 0 Å². The van der Waals surface area contributed by atoms with E-state index in [0.717, 1.165) is 0 Å². The van der Waals surface area contributed by atoms with Crippen LogP contribution < -0.4 is 20.7 Å². The molecule has 3 aromatic rings. The van der Waals surface area contributed by atoms with E-state index in [1.165, 1.54) is 18.2 Å². The standard InChI is InChI=1S/C19H14F3O2P/c20-19(21,22)24-17-13-7-8-14-18(17)25(23,15-9-3-1-4-10-15)16-11-5-2-6-12-16/h1-14H. The van der Waals surface area contributed by atoms with Gasteiger partial charge < -0.3 is 9.30 Å². The highest BCUT2D eigenvalue weighted by Crippen LogP contribution is 2.45. The van der Waals surface area contributed by atoms with Gasteiger partial charge in [0, 0.05) is 10.6 Å². The van der Waals surface area contributed by atoms with Crippen molar-refractivity contribution in [3.63, 3.8) is 0 Å². The van der Waals surface area contributed by atoms with Crippen LogP contribution in [0.5, 0.6) is 5.75 Å². The van der Waals surface area contributed by atoms with Gasteiger partial charge in [0.2, 0.25) is 0 Å². The van der Waals surface area contributed by atoms with E-state index in [1.807, 2.05) is 0 Å². The van der Waals surface area contributed by atoms with Crippen LogP contribution in [0.4, 0.5) is 13.2 Å². The molecule has 0 radical (unpaired) electrons. The first-order valence-electron chi connectivity index (χ1n) is 7.48. The Hall–Kier alpha value is -2.52. The summed E-state index contributed by atoms with van der Waals surface area (Å²) in [4.78, 5) is 0. The molecule has 0 heterocycles. The first-order valence-corrected chi connectivity index (χ1v) is 9.18. The molecule has 128 valence electrons. The highest BCUT2D eigenvalue weighted by atomic mass is 31.2. The van der Waals surface area contributed by atoms with E-state index in [9.17, 15) is 17.7 Å². The quantitative estimate of drug-likeness (QED) is 0.650. The van der Waals surface area contributed by atoms with Crippen molar-refractivity contribution in [1.29, 1.82) is 0 Å². The molecule has 6 heteroatoms. The second-order valence-corrected chi connectivity index (χ2v) is 8.03. The molecule has 0 unspecified atom stereocenters. The smallest absolute Gasteiger partial charge is 0.405 e. The topological polar surface area (TPSA) is 26.3 Å². The Morgan fingerprint density at radius 2 is 1.12 bits per heavy atom. The molecule has 0 amide bonds. The molecular weight excluding hydrogens is 348 g/mol. The predicted molar refractivity (Wildman–Crippen MR) is 92.5 cm³/mol. The zero-order valence-corrected chi connectivity index (χ0v) is 13.9. The summed E-state index contributed by atoms with van der Waals surface area (Å²) in [6.45, 7) is 0. The van der Waals surface area contributed by atoms with Crippen LogP contribution in [0.25, 0.3) is 0 Å². The molecule has 0 saturated carbocycles. The first kappa shape index (κ1) is 17.3. The van der Waals surface area contributed by atoms with Crippen LogP contribution in [-0.4, -0.2) is 6.36 Å². The molecule has 0 spiro atoms. The average molecular weight is 362 g/mol. The van der Waals surface area contributed by atoms with Crippen LogP contribution in [0.2, 0.25) is 0 Å². The van der Waals surface area contributed by atoms with Crippen molar-refractivity contribution < 1.29 is 22.5 Å². The normalized spacial score (nSPS) is 12.0. The Morgan fingerprint density at radius 1 is 0.680 bits per heavy atom. The lowest BCUT2D eigenvalue weighted by Crippen LogP contribution is -2.28. The predicted octanol–water partition coefficient (Wildman–Crippen LogP) is 4.22. The minimum Gasteiger partial charge on any atom is -0.405 e. The molecule has 0 bridgehead atoms. The van der Waals surface area contributed by atoms with E-state index in [0.29, 0.717) is 10.6 Å². The zero-order valence-electron chi connectivity index (χ0n) is 13.0. The van der Waals surface area contributed by atoms with Crippen molar-refractivity contribution in [3.8, 4) is 5.75 Å². The lowest BCUT2D eigenvalue weighted by atomic mass is 10.3. The molecule has 3 rings (SSSR count). The third-order valence-corrected chi connectivity index (χ3v) is 6.77. The fraction of sp³-hybridized carbons (Fsp3) is 0.0526. The van der Waals surface area contributed by atoms with Crippen LogP contribution in [0.1, 0.15) is 0 Å². The van der Waals surface area contributed by atoms with Crippen LogP contribution in [0.15, 0.2) is 84.9 Å². The van der Waals surface area contributed by atoms with Gasteiger partial charge in [-0.2, -0.15) is 0 Å². The highest BCUT2D eigenvalue weighted by molar-refractivity contribution is 7.85. The summed E-state index contributed by atoms with van der Waals surface area (Å²) in [5, 5.41) is 0.906. The van der Waals surface area contributed by atoms with E-state index >= 15 is 0 Å². The molecule has 0 N–H and O–H groups in total. The van der Waals surface area contributed by atoms with Gasteiger partial charge in [-0.3, -0.25) is 0 Å². The number of ether oxygens (including phenoxy) is 1. The van der Waals surface area contributed by atoms with Gasteiger partial charge in [-0.15, -0.1) is 13.2 Å². The van der Waals surface area contributed by atoms with Crippen molar-refractivity contribution in [1.82, 2.24) is 0 Å². The third kappa shape index (κ3) is 3.62. The van der Waals surface area contributed by atoms with Crippen LogP contribution in [-0.2, 0) is 4.57 Å². The summed E-state index contributed by atoms with van der Waals surface area (Å²) >= 11 is 0. The molecular formula is C19H14F3O2P. The lowest BCUT2D eigenvalue weighted by Gasteiger charge is -2.22. The number of rotatable bonds is 4. The number of benzene rings is 3. The Kier molecular flexibility index (Phi) is 4.69. The van der Waals surface area contributed by atoms with Gasteiger partial charge >= 0.3 is 6.36 Å². The highest BCUT2D eigenvalue weighted by Gasteiger charge is 2.37. The summed E-state index contributed by atoms with van der Waals surface area (Å²) in [6.07, 6.45) is -4.87. The van der Waals surface area contributed by atoms with Crippen molar-refractivity contribution in [2.24, 2.45) is 0 Å². The fourth-order valence-electron chi connectivity index (χ4n) is 2.63. The van der Waals surface area contributed by atoms with Crippen molar-refractivity contribution in [3.05, 3.63) is 84.9 Å². The number of para-hydroxylation sites is 1. The van der Waals surface area contributed by atoms with E-state index in [4.69, 9.17) is 0 Å². The van der Waals surface area contributed by atoms with E-state index in [-0.39, 0.29) is 5.30 Å². The second-order valence-electron chi connectivity index (χ2n) is 5.30. The molecule has 0 atom stereocenters. The fourth-order valence-corrected chi connectivity index (χ4v) is 5.40. The molecule has 0 aliphatic carbocycles. The SMILES string of the molecule is O=P(c1ccccc1)(c1ccccc1)c1ccccc1OC(F)(F)F. The Balaban J connectivity index is 2.27. The van der Waals surface area contributed by atoms with Gasteiger partial charge in [-0.25, -0.2) is 0 Å². The molecule has 25 heavy (non-hydrogen) atoms. The third-order valence-electron chi connectivity index (χ3n) is 3.67. The van der Waals surface area contributed by atoms with Gasteiger partial charge in [0.1, 0.15) is 5.75 Å². The molecule has 0 aliphatic rings. The van der Waals surface area contributed by atoms with Crippen molar-refractivity contribution in [2.45, 2.75) is 6.36 Å². The maximum atomic E-state index is 14.1. The van der Waals surface area contributed by atoms with Gasteiger partial charge in [0.15, 0.2) is 7.14 Å². The number of alkyl halides is 3. The monoisotopic (exact) mass is 362 g/mol. The van der Waals surface area contributed by atoms with E-state index in [1.54, 1.807) is 66.7 Å². The van der Waals surface area contributed by atoms with Gasteiger partial charge in [-0.1, -0.05) is 72.8 Å². The lowest BCUT2D eigenvalue weighted by molar-refractivity contribution is -0.274. The average Bonchev–Trinajstić information content (AvgIpc) is 2.62. The number of halogens is 3. The Labute approximate surface area is 143 Å². The first-order chi connectivity index (χ1) is 11.9. The maximum Gasteiger partial charge on any atom is 0.573 e. The summed E-state index contributed by atoms with van der Waals surface area (Å²) < 4.78 is 56.6. The summed E-state index contributed by atoms with van der Waals surface area (Å²) in [7, 11) is -3.53. The van der Waals surface area contributed by atoms with Crippen LogP contribution >= 0.6 is 7.14 Å². The molecule has 3 aromatic carbocycles. The zero-order chi connectivity index (χ0) is 17.9. The van der Waals surface area contributed by atoms with Crippen molar-refractivity contribution >= 4 is 23.1 Å². The second kappa shape index (κ2) is 6.77. The van der Waals surface area contributed by atoms with Crippen LogP contribution in [0, 0.1) is 0 Å².